The molecule has 2 rings (SSSR count). The van der Waals surface area contributed by atoms with Crippen LogP contribution in [0.25, 0.3) is 0 Å². The molecule has 0 saturated carbocycles. The Morgan fingerprint density at radius 2 is 2.14 bits per heavy atom. The third-order valence-electron chi connectivity index (χ3n) is 2.51. The van der Waals surface area contributed by atoms with E-state index in [1.807, 2.05) is 6.07 Å². The van der Waals surface area contributed by atoms with E-state index in [2.05, 4.69) is 80.1 Å². The average molecular weight is 302 g/mol. The summed E-state index contributed by atoms with van der Waals surface area (Å²) in [4.78, 5) is 4.43. The van der Waals surface area contributed by atoms with Gasteiger partial charge in [-0.2, -0.15) is 2.78 Å². The molecule has 1 atom stereocenters. The monoisotopic (exact) mass is 302 g/mol. The van der Waals surface area contributed by atoms with E-state index >= 15 is 0 Å². The first kappa shape index (κ1) is 9.76. The maximum Gasteiger partial charge on any atom is 0.291 e. The van der Waals surface area contributed by atoms with Crippen molar-refractivity contribution >= 4 is 28.7 Å². The molecule has 2 heterocycles. The molecule has 0 N–H and O–H groups in total. The van der Waals surface area contributed by atoms with Crippen molar-refractivity contribution in [3.8, 4) is 0 Å². The summed E-state index contributed by atoms with van der Waals surface area (Å²) in [5, 5.41) is 0. The minimum absolute atomic E-state index is 0.387. The second-order valence-corrected chi connectivity index (χ2v) is 4.41. The van der Waals surface area contributed by atoms with E-state index < -0.39 is 0 Å². The fourth-order valence-corrected chi connectivity index (χ4v) is 2.10. The van der Waals surface area contributed by atoms with Crippen molar-refractivity contribution in [1.82, 2.24) is 4.90 Å². The number of hydrogen-bond acceptors (Lipinski definition) is 2. The number of rotatable bonds is 1. The van der Waals surface area contributed by atoms with Gasteiger partial charge in [0.1, 0.15) is 12.4 Å². The highest BCUT2D eigenvalue weighted by atomic mass is 127. The van der Waals surface area contributed by atoms with Crippen LogP contribution in [0.1, 0.15) is 6.92 Å². The molecule has 4 heteroatoms. The molecule has 1 aromatic heterocycles. The van der Waals surface area contributed by atoms with Gasteiger partial charge in [-0.25, -0.2) is 4.90 Å². The second kappa shape index (κ2) is 3.76. The molecule has 1 aliphatic heterocycles. The predicted molar refractivity (Wildman–Crippen MR) is 64.9 cm³/mol. The molecule has 0 bridgehead atoms. The molecule has 0 fully saturated rings. The van der Waals surface area contributed by atoms with Gasteiger partial charge in [0.25, 0.3) is 5.82 Å². The van der Waals surface area contributed by atoms with Crippen molar-refractivity contribution in [1.29, 1.82) is 0 Å². The lowest BCUT2D eigenvalue weighted by atomic mass is 10.4. The maximum atomic E-state index is 2.29. The van der Waals surface area contributed by atoms with Gasteiger partial charge in [0.15, 0.2) is 6.17 Å². The van der Waals surface area contributed by atoms with Crippen LogP contribution >= 0.6 is 22.9 Å². The van der Waals surface area contributed by atoms with E-state index in [-0.39, 0.29) is 0 Å². The zero-order valence-electron chi connectivity index (χ0n) is 8.26. The lowest BCUT2D eigenvalue weighted by Gasteiger charge is -2.20. The number of hydrogen-bond donors (Lipinski definition) is 0. The Kier molecular flexibility index (Phi) is 2.62. The maximum absolute atomic E-state index is 2.29. The van der Waals surface area contributed by atoms with Crippen LogP contribution in [0.4, 0.5) is 5.82 Å². The lowest BCUT2D eigenvalue weighted by molar-refractivity contribution is -0.426. The first-order valence-electron chi connectivity index (χ1n) is 4.55. The van der Waals surface area contributed by atoms with E-state index in [0.29, 0.717) is 6.17 Å². The fourth-order valence-electron chi connectivity index (χ4n) is 1.50. The molecule has 0 saturated heterocycles. The van der Waals surface area contributed by atoms with Gasteiger partial charge in [-0.05, 0) is 13.0 Å². The highest BCUT2D eigenvalue weighted by Crippen LogP contribution is 2.20. The second-order valence-electron chi connectivity index (χ2n) is 3.37. The van der Waals surface area contributed by atoms with Crippen molar-refractivity contribution < 1.29 is 2.78 Å². The van der Waals surface area contributed by atoms with E-state index in [4.69, 9.17) is 0 Å². The van der Waals surface area contributed by atoms with Crippen molar-refractivity contribution in [3.05, 3.63) is 36.8 Å². The topological polar surface area (TPSA) is 10.4 Å². The molecule has 1 unspecified atom stereocenters. The minimum Gasteiger partial charge on any atom is -0.339 e. The molecule has 0 aliphatic carbocycles. The highest BCUT2D eigenvalue weighted by molar-refractivity contribution is 14.1. The van der Waals surface area contributed by atoms with Gasteiger partial charge in [-0.3, -0.25) is 0 Å². The smallest absolute Gasteiger partial charge is 0.291 e. The van der Waals surface area contributed by atoms with Crippen LogP contribution in [-0.2, 0) is 0 Å². The summed E-state index contributed by atoms with van der Waals surface area (Å²) in [6, 6.07) is 6.21. The Morgan fingerprint density at radius 3 is 2.71 bits per heavy atom. The van der Waals surface area contributed by atoms with Crippen LogP contribution in [0, 0.1) is 0 Å². The standard InChI is InChI=1S/C10H13IN3/c1-9-12(2)7-8-13(9)10-5-3-4-6-14(10)11/h3-9H,1-2H3/q+1. The number of nitrogens with zero attached hydrogens (tertiary/aromatic N) is 3. The molecule has 0 amide bonds. The van der Waals surface area contributed by atoms with Crippen LogP contribution in [0.5, 0.6) is 0 Å². The summed E-state index contributed by atoms with van der Waals surface area (Å²) < 4.78 is 2.09. The zero-order chi connectivity index (χ0) is 10.1. The van der Waals surface area contributed by atoms with Crippen molar-refractivity contribution in [2.75, 3.05) is 11.9 Å². The van der Waals surface area contributed by atoms with Gasteiger partial charge in [0.05, 0.1) is 0 Å². The number of anilines is 1. The molecule has 0 aromatic carbocycles. The van der Waals surface area contributed by atoms with Crippen LogP contribution in [-0.4, -0.2) is 18.1 Å². The first-order valence-corrected chi connectivity index (χ1v) is 5.52. The molecule has 0 spiro atoms. The van der Waals surface area contributed by atoms with Gasteiger partial charge in [-0.1, -0.05) is 6.07 Å². The largest absolute Gasteiger partial charge is 0.339 e. The fraction of sp³-hybridized carbons (Fsp3) is 0.300. The average Bonchev–Trinajstić information content (AvgIpc) is 2.49. The van der Waals surface area contributed by atoms with Crippen LogP contribution in [0.15, 0.2) is 36.8 Å². The normalized spacial score (nSPS) is 20.6. The first-order chi connectivity index (χ1) is 6.70. The Labute approximate surface area is 98.1 Å². The summed E-state index contributed by atoms with van der Waals surface area (Å²) in [5.41, 5.74) is 0. The van der Waals surface area contributed by atoms with E-state index in [9.17, 15) is 0 Å². The van der Waals surface area contributed by atoms with Crippen LogP contribution in [0.3, 0.4) is 0 Å². The summed E-state index contributed by atoms with van der Waals surface area (Å²) in [5.74, 6) is 1.20. The summed E-state index contributed by atoms with van der Waals surface area (Å²) in [7, 11) is 2.08. The molecule has 0 radical (unpaired) electrons. The Hall–Kier alpha value is -0.780. The summed E-state index contributed by atoms with van der Waals surface area (Å²) >= 11 is 2.29. The number of pyridine rings is 1. The molecule has 14 heavy (non-hydrogen) atoms. The number of aromatic nitrogens is 1. The van der Waals surface area contributed by atoms with E-state index in [1.165, 1.54) is 5.82 Å². The molecular formula is C10H13IN3+. The molecule has 74 valence electrons. The Bertz CT molecular complexity index is 364. The predicted octanol–water partition coefficient (Wildman–Crippen LogP) is 1.74. The summed E-state index contributed by atoms with van der Waals surface area (Å²) in [6.45, 7) is 2.18. The van der Waals surface area contributed by atoms with Gasteiger partial charge >= 0.3 is 0 Å². The van der Waals surface area contributed by atoms with Crippen molar-refractivity contribution in [2.24, 2.45) is 0 Å². The van der Waals surface area contributed by atoms with Crippen molar-refractivity contribution in [2.45, 2.75) is 13.1 Å². The Balaban J connectivity index is 2.33. The van der Waals surface area contributed by atoms with Gasteiger partial charge < -0.3 is 4.90 Å². The van der Waals surface area contributed by atoms with Gasteiger partial charge in [0.2, 0.25) is 22.9 Å². The Morgan fingerprint density at radius 1 is 1.36 bits per heavy atom. The van der Waals surface area contributed by atoms with E-state index in [0.717, 1.165) is 0 Å². The minimum atomic E-state index is 0.387. The third-order valence-corrected chi connectivity index (χ3v) is 3.33. The molecular weight excluding hydrogens is 289 g/mol. The van der Waals surface area contributed by atoms with Crippen molar-refractivity contribution in [3.63, 3.8) is 0 Å². The van der Waals surface area contributed by atoms with Crippen LogP contribution in [0.2, 0.25) is 0 Å². The van der Waals surface area contributed by atoms with E-state index in [1.54, 1.807) is 0 Å². The number of halogens is 1. The molecule has 1 aliphatic rings. The SMILES string of the molecule is CC1N(C)C=CN1c1cccc[n+]1I. The van der Waals surface area contributed by atoms with Crippen LogP contribution < -0.4 is 7.68 Å². The summed E-state index contributed by atoms with van der Waals surface area (Å²) in [6.07, 6.45) is 6.64. The highest BCUT2D eigenvalue weighted by Gasteiger charge is 2.28. The quantitative estimate of drug-likeness (QED) is 0.732. The zero-order valence-corrected chi connectivity index (χ0v) is 10.4. The third kappa shape index (κ3) is 1.58. The molecule has 3 nitrogen and oxygen atoms in total. The molecule has 1 aromatic rings. The van der Waals surface area contributed by atoms with Gasteiger partial charge in [0, 0.05) is 19.3 Å². The lowest BCUT2D eigenvalue weighted by Crippen LogP contribution is -2.39. The van der Waals surface area contributed by atoms with Gasteiger partial charge in [-0.15, -0.1) is 0 Å².